The molecule has 0 radical (unpaired) electrons. The lowest BCUT2D eigenvalue weighted by atomic mass is 9.92. The van der Waals surface area contributed by atoms with Crippen LogP contribution in [-0.4, -0.2) is 25.1 Å². The van der Waals surface area contributed by atoms with Crippen LogP contribution in [0.5, 0.6) is 0 Å². The van der Waals surface area contributed by atoms with E-state index in [2.05, 4.69) is 47.7 Å². The highest BCUT2D eigenvalue weighted by Gasteiger charge is 2.41. The molecule has 0 heterocycles. The predicted molar refractivity (Wildman–Crippen MR) is 139 cm³/mol. The number of unbranched alkanes of at least 4 members (excludes halogenated alkanes) is 13. The summed E-state index contributed by atoms with van der Waals surface area (Å²) in [7, 11) is -1.96. The van der Waals surface area contributed by atoms with Gasteiger partial charge in [0, 0.05) is 6.42 Å². The van der Waals surface area contributed by atoms with E-state index in [1.165, 1.54) is 83.5 Å². The highest BCUT2D eigenvalue weighted by atomic mass is 28.4. The van der Waals surface area contributed by atoms with E-state index in [0.717, 1.165) is 12.8 Å². The second-order valence-corrected chi connectivity index (χ2v) is 16.5. The van der Waals surface area contributed by atoms with E-state index >= 15 is 0 Å². The van der Waals surface area contributed by atoms with Gasteiger partial charge in [-0.25, -0.2) is 4.89 Å². The summed E-state index contributed by atoms with van der Waals surface area (Å²) in [5.74, 6) is 0. The normalized spacial score (nSPS) is 15.8. The van der Waals surface area contributed by atoms with Gasteiger partial charge in [0.25, 0.3) is 0 Å². The minimum absolute atomic E-state index is 0.119. The maximum absolute atomic E-state index is 9.97. The summed E-state index contributed by atoms with van der Waals surface area (Å²) in [5.41, 5.74) is -0.402. The zero-order valence-corrected chi connectivity index (χ0v) is 23.7. The van der Waals surface area contributed by atoms with Crippen LogP contribution in [0.4, 0.5) is 0 Å². The van der Waals surface area contributed by atoms with Crippen molar-refractivity contribution in [1.82, 2.24) is 0 Å². The molecule has 0 saturated carbocycles. The lowest BCUT2D eigenvalue weighted by molar-refractivity contribution is -0.306. The van der Waals surface area contributed by atoms with Crippen LogP contribution in [0.3, 0.4) is 0 Å². The van der Waals surface area contributed by atoms with Crippen molar-refractivity contribution in [2.45, 2.75) is 174 Å². The Labute approximate surface area is 197 Å². The molecule has 0 spiro atoms. The van der Waals surface area contributed by atoms with Gasteiger partial charge >= 0.3 is 0 Å². The minimum atomic E-state index is -1.96. The van der Waals surface area contributed by atoms with E-state index in [-0.39, 0.29) is 11.1 Å². The molecule has 0 aromatic rings. The van der Waals surface area contributed by atoms with Gasteiger partial charge in [-0.1, -0.05) is 118 Å². The molecule has 31 heavy (non-hydrogen) atoms. The number of aliphatic hydroxyl groups excluding tert-OH is 1. The SMILES string of the molecule is CCCCCCCCCCCCCCCC[C@@](C)(CC(C)O)OO[Si](C)(C)C(C)(C)C. The smallest absolute Gasteiger partial charge is 0.238 e. The van der Waals surface area contributed by atoms with Gasteiger partial charge in [0.05, 0.1) is 6.10 Å². The third-order valence-corrected chi connectivity index (χ3v) is 11.2. The van der Waals surface area contributed by atoms with Crippen molar-refractivity contribution in [2.75, 3.05) is 0 Å². The Balaban J connectivity index is 3.94. The third-order valence-electron chi connectivity index (χ3n) is 7.04. The predicted octanol–water partition coefficient (Wildman–Crippen LogP) is 9.34. The van der Waals surface area contributed by atoms with Crippen LogP contribution in [0, 0.1) is 0 Å². The summed E-state index contributed by atoms with van der Waals surface area (Å²) < 4.78 is 6.06. The Hall–Kier alpha value is 0.0969. The van der Waals surface area contributed by atoms with Crippen LogP contribution in [0.15, 0.2) is 0 Å². The second kappa shape index (κ2) is 16.7. The number of aliphatic hydroxyl groups is 1. The molecule has 0 rings (SSSR count). The van der Waals surface area contributed by atoms with Crippen molar-refractivity contribution >= 4 is 8.32 Å². The molecule has 2 atom stereocenters. The van der Waals surface area contributed by atoms with Gasteiger partial charge in [0.2, 0.25) is 8.32 Å². The van der Waals surface area contributed by atoms with Crippen molar-refractivity contribution < 1.29 is 14.6 Å². The Morgan fingerprint density at radius 1 is 0.710 bits per heavy atom. The fourth-order valence-electron chi connectivity index (χ4n) is 3.83. The summed E-state index contributed by atoms with van der Waals surface area (Å²) in [6.07, 6.45) is 20.4. The summed E-state index contributed by atoms with van der Waals surface area (Å²) in [6, 6.07) is 0. The van der Waals surface area contributed by atoms with E-state index in [0.29, 0.717) is 6.42 Å². The van der Waals surface area contributed by atoms with Crippen LogP contribution in [0.1, 0.15) is 144 Å². The summed E-state index contributed by atoms with van der Waals surface area (Å²) >= 11 is 0. The molecule has 3 nitrogen and oxygen atoms in total. The molecule has 188 valence electrons. The first kappa shape index (κ1) is 31.1. The van der Waals surface area contributed by atoms with Crippen LogP contribution in [-0.2, 0) is 9.46 Å². The van der Waals surface area contributed by atoms with Gasteiger partial charge < -0.3 is 5.11 Å². The quantitative estimate of drug-likeness (QED) is 0.0854. The molecule has 0 amide bonds. The molecule has 0 fully saturated rings. The first-order chi connectivity index (χ1) is 14.4. The fourth-order valence-corrected chi connectivity index (χ4v) is 4.49. The topological polar surface area (TPSA) is 38.7 Å². The van der Waals surface area contributed by atoms with Gasteiger partial charge in [-0.2, -0.15) is 0 Å². The molecule has 0 aromatic heterocycles. The van der Waals surface area contributed by atoms with Crippen LogP contribution >= 0.6 is 0 Å². The molecule has 0 aliphatic rings. The van der Waals surface area contributed by atoms with Crippen LogP contribution in [0.25, 0.3) is 0 Å². The van der Waals surface area contributed by atoms with Crippen LogP contribution in [0.2, 0.25) is 18.1 Å². The molecule has 0 aliphatic carbocycles. The Morgan fingerprint density at radius 2 is 1.10 bits per heavy atom. The molecular formula is C27H58O3Si. The molecule has 1 N–H and O–H groups in total. The van der Waals surface area contributed by atoms with Crippen molar-refractivity contribution in [2.24, 2.45) is 0 Å². The van der Waals surface area contributed by atoms with E-state index in [9.17, 15) is 5.11 Å². The van der Waals surface area contributed by atoms with Gasteiger partial charge in [-0.15, -0.1) is 0 Å². The van der Waals surface area contributed by atoms with Crippen molar-refractivity contribution in [3.8, 4) is 0 Å². The number of rotatable bonds is 20. The number of hydrogen-bond acceptors (Lipinski definition) is 3. The maximum atomic E-state index is 9.97. The van der Waals surface area contributed by atoms with E-state index in [4.69, 9.17) is 9.46 Å². The maximum Gasteiger partial charge on any atom is 0.238 e. The average molecular weight is 459 g/mol. The van der Waals surface area contributed by atoms with Gasteiger partial charge in [0.15, 0.2) is 0 Å². The molecule has 4 heteroatoms. The molecule has 0 aromatic carbocycles. The Bertz CT molecular complexity index is 417. The van der Waals surface area contributed by atoms with E-state index < -0.39 is 13.9 Å². The molecule has 1 unspecified atom stereocenters. The van der Waals surface area contributed by atoms with Gasteiger partial charge in [-0.05, 0) is 38.4 Å². The van der Waals surface area contributed by atoms with Crippen LogP contribution < -0.4 is 0 Å². The third kappa shape index (κ3) is 16.4. The standard InChI is InChI=1S/C27H58O3Si/c1-9-10-11-12-13-14-15-16-17-18-19-20-21-22-23-27(6,24-25(2)28)29-30-31(7,8)26(3,4)5/h25,28H,9-24H2,1-8H3/t25?,27-/m0/s1. The fraction of sp³-hybridized carbons (Fsp3) is 1.00. The zero-order valence-electron chi connectivity index (χ0n) is 22.7. The minimum Gasteiger partial charge on any atom is -0.393 e. The van der Waals surface area contributed by atoms with E-state index in [1.54, 1.807) is 0 Å². The van der Waals surface area contributed by atoms with E-state index in [1.807, 2.05) is 6.92 Å². The second-order valence-electron chi connectivity index (χ2n) is 11.8. The van der Waals surface area contributed by atoms with Gasteiger partial charge in [0.1, 0.15) is 5.60 Å². The largest absolute Gasteiger partial charge is 0.393 e. The lowest BCUT2D eigenvalue weighted by Crippen LogP contribution is -2.44. The van der Waals surface area contributed by atoms with Crippen molar-refractivity contribution in [1.29, 1.82) is 0 Å². The number of hydrogen-bond donors (Lipinski definition) is 1. The highest BCUT2D eigenvalue weighted by molar-refractivity contribution is 6.73. The molecular weight excluding hydrogens is 400 g/mol. The Kier molecular flexibility index (Phi) is 16.7. The van der Waals surface area contributed by atoms with Crippen molar-refractivity contribution in [3.63, 3.8) is 0 Å². The zero-order chi connectivity index (χ0) is 23.8. The van der Waals surface area contributed by atoms with Crippen molar-refractivity contribution in [3.05, 3.63) is 0 Å². The monoisotopic (exact) mass is 458 g/mol. The Morgan fingerprint density at radius 3 is 1.45 bits per heavy atom. The molecule has 0 saturated heterocycles. The first-order valence-corrected chi connectivity index (χ1v) is 16.4. The summed E-state index contributed by atoms with van der Waals surface area (Å²) in [6.45, 7) is 17.3. The first-order valence-electron chi connectivity index (χ1n) is 13.5. The summed E-state index contributed by atoms with van der Waals surface area (Å²) in [5, 5.41) is 10.1. The highest BCUT2D eigenvalue weighted by Crippen LogP contribution is 2.38. The average Bonchev–Trinajstić information content (AvgIpc) is 2.65. The molecule has 0 aliphatic heterocycles. The van der Waals surface area contributed by atoms with Gasteiger partial charge in [-0.3, -0.25) is 4.58 Å². The lowest BCUT2D eigenvalue weighted by Gasteiger charge is -2.39. The molecule has 0 bridgehead atoms. The summed E-state index contributed by atoms with van der Waals surface area (Å²) in [4.78, 5) is 6.05.